The lowest BCUT2D eigenvalue weighted by Gasteiger charge is -2.11. The fraction of sp³-hybridized carbons (Fsp3) is 0.294. The van der Waals surface area contributed by atoms with Gasteiger partial charge in [-0.2, -0.15) is 10.2 Å². The predicted octanol–water partition coefficient (Wildman–Crippen LogP) is 2.78. The molecule has 0 aliphatic carbocycles. The number of nitrogens with one attached hydrogen (secondary N) is 1. The van der Waals surface area contributed by atoms with Crippen LogP contribution in [0.15, 0.2) is 36.7 Å². The Morgan fingerprint density at radius 1 is 1.36 bits per heavy atom. The van der Waals surface area contributed by atoms with Gasteiger partial charge in [0, 0.05) is 11.6 Å². The summed E-state index contributed by atoms with van der Waals surface area (Å²) in [6.07, 6.45) is 2.85. The molecule has 7 nitrogen and oxygen atoms in total. The maximum atomic E-state index is 13.3. The van der Waals surface area contributed by atoms with E-state index in [4.69, 9.17) is 4.74 Å². The first kappa shape index (κ1) is 16.8. The minimum atomic E-state index is -0.545. The monoisotopic (exact) mass is 343 g/mol. The van der Waals surface area contributed by atoms with Crippen molar-refractivity contribution in [3.8, 4) is 5.69 Å². The van der Waals surface area contributed by atoms with Crippen molar-refractivity contribution in [2.75, 3.05) is 0 Å². The summed E-state index contributed by atoms with van der Waals surface area (Å²) in [5, 5.41) is 10.9. The Kier molecular flexibility index (Phi) is 4.35. The van der Waals surface area contributed by atoms with E-state index in [1.807, 2.05) is 20.8 Å². The highest BCUT2D eigenvalue weighted by Crippen LogP contribution is 2.17. The molecule has 0 saturated carbocycles. The molecule has 0 atom stereocenters. The first-order valence-electron chi connectivity index (χ1n) is 7.72. The van der Waals surface area contributed by atoms with Crippen LogP contribution in [-0.4, -0.2) is 30.9 Å². The van der Waals surface area contributed by atoms with Gasteiger partial charge >= 0.3 is 5.97 Å². The van der Waals surface area contributed by atoms with E-state index in [1.165, 1.54) is 29.2 Å². The van der Waals surface area contributed by atoms with Gasteiger partial charge in [-0.3, -0.25) is 5.10 Å². The van der Waals surface area contributed by atoms with Gasteiger partial charge in [0.25, 0.3) is 0 Å². The van der Waals surface area contributed by atoms with Crippen molar-refractivity contribution in [2.24, 2.45) is 0 Å². The third-order valence-corrected chi connectivity index (χ3v) is 3.43. The number of halogens is 1. The molecule has 3 rings (SSSR count). The lowest BCUT2D eigenvalue weighted by Crippen LogP contribution is -2.13. The molecule has 0 fully saturated rings. The molecule has 0 bridgehead atoms. The normalized spacial score (nSPS) is 11.5. The number of carbonyl (C=O) groups excluding carboxylic acids is 1. The fourth-order valence-corrected chi connectivity index (χ4v) is 2.10. The summed E-state index contributed by atoms with van der Waals surface area (Å²) >= 11 is 0. The molecule has 0 unspecified atom stereocenters. The Balaban J connectivity index is 1.65. The van der Waals surface area contributed by atoms with Gasteiger partial charge in [0.2, 0.25) is 0 Å². The third kappa shape index (κ3) is 3.90. The molecule has 8 heteroatoms. The van der Waals surface area contributed by atoms with E-state index < -0.39 is 5.97 Å². The third-order valence-electron chi connectivity index (χ3n) is 3.43. The highest BCUT2D eigenvalue weighted by atomic mass is 19.1. The summed E-state index contributed by atoms with van der Waals surface area (Å²) in [6.45, 7) is 5.96. The molecule has 1 N–H and O–H groups in total. The van der Waals surface area contributed by atoms with Crippen molar-refractivity contribution in [1.29, 1.82) is 0 Å². The van der Waals surface area contributed by atoms with E-state index in [1.54, 1.807) is 12.1 Å². The van der Waals surface area contributed by atoms with E-state index in [0.717, 1.165) is 0 Å². The summed E-state index contributed by atoms with van der Waals surface area (Å²) in [7, 11) is 0. The molecule has 2 heterocycles. The van der Waals surface area contributed by atoms with E-state index in [9.17, 15) is 9.18 Å². The molecule has 1 aromatic carbocycles. The maximum absolute atomic E-state index is 13.3. The summed E-state index contributed by atoms with van der Waals surface area (Å²) < 4.78 is 19.9. The number of esters is 1. The topological polar surface area (TPSA) is 85.7 Å². The zero-order valence-electron chi connectivity index (χ0n) is 14.2. The van der Waals surface area contributed by atoms with Crippen molar-refractivity contribution in [1.82, 2.24) is 25.0 Å². The maximum Gasteiger partial charge on any atom is 0.341 e. The first-order chi connectivity index (χ1) is 11.8. The zero-order valence-corrected chi connectivity index (χ0v) is 14.2. The average Bonchev–Trinajstić information content (AvgIpc) is 3.21. The Labute approximate surface area is 143 Å². The zero-order chi connectivity index (χ0) is 18.0. The first-order valence-corrected chi connectivity index (χ1v) is 7.72. The quantitative estimate of drug-likeness (QED) is 0.736. The van der Waals surface area contributed by atoms with Gasteiger partial charge in [-0.15, -0.1) is 0 Å². The second-order valence-electron chi connectivity index (χ2n) is 6.59. The van der Waals surface area contributed by atoms with Crippen LogP contribution in [0.2, 0.25) is 0 Å². The van der Waals surface area contributed by atoms with Crippen molar-refractivity contribution in [2.45, 2.75) is 32.8 Å². The minimum Gasteiger partial charge on any atom is -0.454 e. The van der Waals surface area contributed by atoms with Crippen LogP contribution in [0.25, 0.3) is 5.69 Å². The molecule has 3 aromatic rings. The fourth-order valence-electron chi connectivity index (χ4n) is 2.10. The molecule has 0 saturated heterocycles. The minimum absolute atomic E-state index is 0.0208. The highest BCUT2D eigenvalue weighted by molar-refractivity contribution is 5.88. The van der Waals surface area contributed by atoms with E-state index in [2.05, 4.69) is 20.3 Å². The van der Waals surface area contributed by atoms with Crippen LogP contribution in [0.1, 0.15) is 42.8 Å². The largest absolute Gasteiger partial charge is 0.454 e. The number of rotatable bonds is 4. The standard InChI is InChI=1S/C17H18FN5O2/c1-17(2,3)16-20-14(21-22-16)10-25-15(24)11-8-19-23(9-11)13-6-4-5-12(18)7-13/h4-9H,10H2,1-3H3,(H,20,21,22). The number of hydrogen-bond donors (Lipinski definition) is 1. The Hall–Kier alpha value is -3.03. The number of nitrogens with zero attached hydrogens (tertiary/aromatic N) is 4. The summed E-state index contributed by atoms with van der Waals surface area (Å²) in [5.41, 5.74) is 0.592. The number of ether oxygens (including phenoxy) is 1. The second-order valence-corrected chi connectivity index (χ2v) is 6.59. The molecule has 0 amide bonds. The van der Waals surface area contributed by atoms with Crippen molar-refractivity contribution < 1.29 is 13.9 Å². The molecule has 25 heavy (non-hydrogen) atoms. The second kappa shape index (κ2) is 6.46. The summed E-state index contributed by atoms with van der Waals surface area (Å²) in [4.78, 5) is 16.4. The SMILES string of the molecule is CC(C)(C)c1n[nH]c(COC(=O)c2cnn(-c3cccc(F)c3)c2)n1. The summed E-state index contributed by atoms with van der Waals surface area (Å²) in [5.74, 6) is 0.196. The number of aromatic nitrogens is 5. The van der Waals surface area contributed by atoms with Crippen LogP contribution < -0.4 is 0 Å². The van der Waals surface area contributed by atoms with E-state index in [0.29, 0.717) is 17.3 Å². The van der Waals surface area contributed by atoms with Gasteiger partial charge in [0.15, 0.2) is 18.3 Å². The van der Waals surface area contributed by atoms with Crippen LogP contribution in [0.5, 0.6) is 0 Å². The van der Waals surface area contributed by atoms with Crippen LogP contribution in [0.3, 0.4) is 0 Å². The average molecular weight is 343 g/mol. The van der Waals surface area contributed by atoms with Crippen molar-refractivity contribution >= 4 is 5.97 Å². The van der Waals surface area contributed by atoms with Gasteiger partial charge in [-0.1, -0.05) is 26.8 Å². The lowest BCUT2D eigenvalue weighted by molar-refractivity contribution is 0.0462. The Morgan fingerprint density at radius 3 is 2.84 bits per heavy atom. The molecular formula is C17H18FN5O2. The van der Waals surface area contributed by atoms with Gasteiger partial charge in [-0.25, -0.2) is 18.9 Å². The van der Waals surface area contributed by atoms with E-state index >= 15 is 0 Å². The Bertz CT molecular complexity index is 894. The summed E-state index contributed by atoms with van der Waals surface area (Å²) in [6, 6.07) is 5.92. The van der Waals surface area contributed by atoms with Crippen molar-refractivity contribution in [3.63, 3.8) is 0 Å². The van der Waals surface area contributed by atoms with Crippen molar-refractivity contribution in [3.05, 3.63) is 59.7 Å². The highest BCUT2D eigenvalue weighted by Gasteiger charge is 2.20. The number of carbonyl (C=O) groups is 1. The molecule has 130 valence electrons. The molecule has 0 radical (unpaired) electrons. The molecule has 0 spiro atoms. The molecule has 2 aromatic heterocycles. The number of aromatic amines is 1. The van der Waals surface area contributed by atoms with Crippen LogP contribution in [0.4, 0.5) is 4.39 Å². The number of benzene rings is 1. The van der Waals surface area contributed by atoms with Crippen LogP contribution in [-0.2, 0) is 16.8 Å². The smallest absolute Gasteiger partial charge is 0.341 e. The van der Waals surface area contributed by atoms with Crippen LogP contribution >= 0.6 is 0 Å². The predicted molar refractivity (Wildman–Crippen MR) is 87.7 cm³/mol. The lowest BCUT2D eigenvalue weighted by atomic mass is 9.96. The van der Waals surface area contributed by atoms with Gasteiger partial charge in [-0.05, 0) is 18.2 Å². The molecule has 0 aliphatic heterocycles. The molecule has 0 aliphatic rings. The molecular weight excluding hydrogens is 325 g/mol. The van der Waals surface area contributed by atoms with Gasteiger partial charge in [0.1, 0.15) is 5.82 Å². The van der Waals surface area contributed by atoms with Crippen LogP contribution in [0, 0.1) is 5.82 Å². The Morgan fingerprint density at radius 2 is 2.16 bits per heavy atom. The van der Waals surface area contributed by atoms with E-state index in [-0.39, 0.29) is 23.4 Å². The van der Waals surface area contributed by atoms with Gasteiger partial charge < -0.3 is 4.74 Å². The number of hydrogen-bond acceptors (Lipinski definition) is 5. The number of H-pyrrole nitrogens is 1. The van der Waals surface area contributed by atoms with Gasteiger partial charge in [0.05, 0.1) is 17.4 Å².